The molecule has 0 atom stereocenters. The third-order valence-electron chi connectivity index (χ3n) is 17.6. The fraction of sp³-hybridized carbons (Fsp3) is 0. The van der Waals surface area contributed by atoms with Gasteiger partial charge in [0.05, 0.1) is 56.0 Å². The highest BCUT2D eigenvalue weighted by Crippen LogP contribution is 2.46. The maximum atomic E-state index is 17.0. The van der Waals surface area contributed by atoms with Gasteiger partial charge in [0.2, 0.25) is 0 Å². The van der Waals surface area contributed by atoms with Crippen LogP contribution in [0.2, 0.25) is 0 Å². The first-order valence-corrected chi connectivity index (χ1v) is 29.6. The van der Waals surface area contributed by atoms with E-state index in [1.54, 1.807) is 12.1 Å². The number of nitrogens with zero attached hydrogens (tertiary/aromatic N) is 7. The second-order valence-corrected chi connectivity index (χ2v) is 22.6. The Kier molecular flexibility index (Phi) is 12.0. The molecule has 10 aromatic carbocycles. The molecule has 0 amide bonds. The molecule has 7 aromatic heterocycles. The van der Waals surface area contributed by atoms with E-state index in [0.29, 0.717) is 22.2 Å². The number of halogens is 1. The van der Waals surface area contributed by atoms with Gasteiger partial charge >= 0.3 is 0 Å². The van der Waals surface area contributed by atoms with Crippen LogP contribution in [0.15, 0.2) is 292 Å². The molecule has 0 fully saturated rings. The molecule has 0 N–H and O–H groups in total. The van der Waals surface area contributed by atoms with Crippen molar-refractivity contribution in [1.29, 1.82) is 5.26 Å². The van der Waals surface area contributed by atoms with Crippen molar-refractivity contribution in [3.05, 3.63) is 303 Å². The Morgan fingerprint density at radius 3 is 1.18 bits per heavy atom. The summed E-state index contributed by atoms with van der Waals surface area (Å²) in [6.07, 6.45) is 7.45. The van der Waals surface area contributed by atoms with Crippen molar-refractivity contribution < 1.29 is 4.39 Å². The first kappa shape index (κ1) is 51.3. The maximum absolute atomic E-state index is 17.0. The van der Waals surface area contributed by atoms with Crippen LogP contribution >= 0.6 is 0 Å². The number of pyridine rings is 4. The van der Waals surface area contributed by atoms with Gasteiger partial charge < -0.3 is 8.97 Å². The molecule has 0 saturated heterocycles. The Morgan fingerprint density at radius 2 is 0.708 bits per heavy atom. The van der Waals surface area contributed by atoms with Crippen LogP contribution in [0.5, 0.6) is 0 Å². The number of nitriles is 1. The van der Waals surface area contributed by atoms with Gasteiger partial charge in [-0.15, -0.1) is 0 Å². The van der Waals surface area contributed by atoms with Crippen LogP contribution in [0.3, 0.4) is 0 Å². The molecule has 17 aromatic rings. The third kappa shape index (κ3) is 8.63. The van der Waals surface area contributed by atoms with Crippen LogP contribution in [0, 0.1) is 17.1 Å². The molecule has 7 heterocycles. The minimum Gasteiger partial charge on any atom is -0.308 e. The van der Waals surface area contributed by atoms with Gasteiger partial charge in [-0.2, -0.15) is 5.26 Å². The van der Waals surface area contributed by atoms with Crippen LogP contribution < -0.4 is 0 Å². The average molecular weight is 1140 g/mol. The Morgan fingerprint density at radius 1 is 0.315 bits per heavy atom. The van der Waals surface area contributed by atoms with E-state index in [2.05, 4.69) is 191 Å². The highest BCUT2D eigenvalue weighted by Gasteiger charge is 2.25. The van der Waals surface area contributed by atoms with Crippen molar-refractivity contribution in [3.63, 3.8) is 0 Å². The van der Waals surface area contributed by atoms with Crippen LogP contribution in [0.4, 0.5) is 4.39 Å². The predicted octanol–water partition coefficient (Wildman–Crippen LogP) is 20.6. The second-order valence-electron chi connectivity index (χ2n) is 22.6. The molecule has 2 bridgehead atoms. The lowest BCUT2D eigenvalue weighted by molar-refractivity contribution is 0.631. The van der Waals surface area contributed by atoms with E-state index in [0.717, 1.165) is 149 Å². The van der Waals surface area contributed by atoms with Crippen molar-refractivity contribution in [3.8, 4) is 101 Å². The number of benzene rings is 10. The van der Waals surface area contributed by atoms with Crippen molar-refractivity contribution in [1.82, 2.24) is 28.9 Å². The van der Waals surface area contributed by atoms with Gasteiger partial charge in [0, 0.05) is 79.4 Å². The molecule has 7 nitrogen and oxygen atoms in total. The summed E-state index contributed by atoms with van der Waals surface area (Å²) >= 11 is 0. The molecular formula is C81H48FN7. The Labute approximate surface area is 510 Å². The zero-order valence-corrected chi connectivity index (χ0v) is 47.7. The van der Waals surface area contributed by atoms with E-state index < -0.39 is 0 Å². The number of hydrogen-bond acceptors (Lipinski definition) is 5. The molecule has 8 heteroatoms. The summed E-state index contributed by atoms with van der Waals surface area (Å²) in [5.74, 6) is -0.382. The fourth-order valence-corrected chi connectivity index (χ4v) is 13.4. The molecule has 0 aliphatic heterocycles. The van der Waals surface area contributed by atoms with Gasteiger partial charge in [0.15, 0.2) is 0 Å². The Balaban J connectivity index is 0.999. The van der Waals surface area contributed by atoms with Gasteiger partial charge in [-0.25, -0.2) is 4.39 Å². The molecule has 0 aliphatic carbocycles. The summed E-state index contributed by atoms with van der Waals surface area (Å²) in [6.45, 7) is 0. The van der Waals surface area contributed by atoms with Crippen molar-refractivity contribution in [2.45, 2.75) is 0 Å². The van der Waals surface area contributed by atoms with Crippen molar-refractivity contribution in [2.75, 3.05) is 0 Å². The largest absolute Gasteiger partial charge is 0.308 e. The molecule has 0 spiro atoms. The van der Waals surface area contributed by atoms with Gasteiger partial charge in [-0.1, -0.05) is 176 Å². The molecule has 0 saturated carbocycles. The molecule has 0 radical (unpaired) electrons. The smallest absolute Gasteiger partial charge is 0.124 e. The first-order valence-electron chi connectivity index (χ1n) is 29.6. The Bertz CT molecular complexity index is 5610. The maximum Gasteiger partial charge on any atom is 0.124 e. The molecule has 0 unspecified atom stereocenters. The predicted molar refractivity (Wildman–Crippen MR) is 361 cm³/mol. The summed E-state index contributed by atoms with van der Waals surface area (Å²) in [7, 11) is 0. The lowest BCUT2D eigenvalue weighted by Gasteiger charge is -2.17. The van der Waals surface area contributed by atoms with E-state index in [4.69, 9.17) is 19.9 Å². The highest BCUT2D eigenvalue weighted by molar-refractivity contribution is 6.24. The minimum absolute atomic E-state index is 0.382. The SMILES string of the molecule is N#Cc1c(-n2c3cc(-c4ccnc(-c5ccccc5)c4)ccc3c3ccc(-c4ccnc(-c5ccccc5)c4)cc32)ccc2c3cc(F)cc(c3)c3c(-c4ccnc(-c5ccccc5)c4)ccc4c5ccc(-c6ccnc(-c7ccccc7)c6)cc5n(c12)c43. The number of aromatic nitrogens is 6. The van der Waals surface area contributed by atoms with E-state index >= 15 is 4.39 Å². The molecule has 0 aliphatic rings. The standard InChI is InChI=1S/C81H48FN7/c82-63-40-61-39-62(41-63)79-64(60-34-38-87-74(45-60)53-19-11-4-12-20-53)27-28-69-68-26-23-56(59-33-37-86-73(44-59)52-17-9-3-10-18-52)48-78(68)89(81(69)79)80-65(61)29-30-75(70(80)49-83)88-76-46-54(57-31-35-84-71(42-57)50-13-5-1-6-14-50)21-24-66(76)67-25-22-55(47-77(67)88)58-32-36-85-72(43-58)51-15-7-2-8-16-51/h1-48H. The molecule has 414 valence electrons. The van der Waals surface area contributed by atoms with Crippen LogP contribution in [-0.4, -0.2) is 28.9 Å². The summed E-state index contributed by atoms with van der Waals surface area (Å²) in [5.41, 5.74) is 20.5. The van der Waals surface area contributed by atoms with E-state index in [1.165, 1.54) is 0 Å². The van der Waals surface area contributed by atoms with Crippen LogP contribution in [0.1, 0.15) is 5.56 Å². The monoisotopic (exact) mass is 1140 g/mol. The third-order valence-corrected chi connectivity index (χ3v) is 17.6. The summed E-state index contributed by atoms with van der Waals surface area (Å²) in [6, 6.07) is 94.1. The van der Waals surface area contributed by atoms with E-state index in [9.17, 15) is 5.26 Å². The fourth-order valence-electron chi connectivity index (χ4n) is 13.4. The van der Waals surface area contributed by atoms with E-state index in [1.807, 2.05) is 104 Å². The molecular weight excluding hydrogens is 1090 g/mol. The highest BCUT2D eigenvalue weighted by atomic mass is 19.1. The lowest BCUT2D eigenvalue weighted by Crippen LogP contribution is -2.02. The Hall–Kier alpha value is -12.2. The quantitative estimate of drug-likeness (QED) is 0.144. The van der Waals surface area contributed by atoms with Crippen LogP contribution in [0.25, 0.3) is 166 Å². The van der Waals surface area contributed by atoms with Gasteiger partial charge in [-0.3, -0.25) is 19.9 Å². The van der Waals surface area contributed by atoms with Crippen molar-refractivity contribution in [2.24, 2.45) is 0 Å². The summed E-state index contributed by atoms with van der Waals surface area (Å²) in [5, 5.41) is 19.3. The van der Waals surface area contributed by atoms with E-state index in [-0.39, 0.29) is 5.82 Å². The number of rotatable bonds is 9. The van der Waals surface area contributed by atoms with Gasteiger partial charge in [-0.05, 0) is 146 Å². The first-order chi connectivity index (χ1) is 44.0. The average Bonchev–Trinajstić information content (AvgIpc) is 1.60. The van der Waals surface area contributed by atoms with Gasteiger partial charge in [0.1, 0.15) is 17.4 Å². The minimum atomic E-state index is -0.382. The zero-order valence-electron chi connectivity index (χ0n) is 47.7. The topological polar surface area (TPSA) is 84.7 Å². The number of fused-ring (bicyclic) bond motifs is 12. The normalized spacial score (nSPS) is 11.6. The molecule has 89 heavy (non-hydrogen) atoms. The summed E-state index contributed by atoms with van der Waals surface area (Å²) in [4.78, 5) is 19.3. The van der Waals surface area contributed by atoms with Gasteiger partial charge in [0.25, 0.3) is 0 Å². The molecule has 17 rings (SSSR count). The van der Waals surface area contributed by atoms with Crippen LogP contribution in [-0.2, 0) is 0 Å². The number of hydrogen-bond donors (Lipinski definition) is 0. The van der Waals surface area contributed by atoms with Crippen molar-refractivity contribution >= 4 is 70.7 Å². The second kappa shape index (κ2) is 20.8. The zero-order chi connectivity index (χ0) is 59.1. The summed E-state index contributed by atoms with van der Waals surface area (Å²) < 4.78 is 21.5. The lowest BCUT2D eigenvalue weighted by atomic mass is 9.94.